The number of hydrogen-bond donors (Lipinski definition) is 3. The van der Waals surface area contributed by atoms with Gasteiger partial charge in [0.25, 0.3) is 0 Å². The Bertz CT molecular complexity index is 1300. The number of nitrogens with two attached hydrogens (primary N) is 1. The van der Waals surface area contributed by atoms with E-state index >= 15 is 0 Å². The van der Waals surface area contributed by atoms with Gasteiger partial charge in [-0.2, -0.15) is 0 Å². The van der Waals surface area contributed by atoms with Crippen molar-refractivity contribution in [2.75, 3.05) is 12.1 Å². The molecule has 2 fully saturated rings. The Morgan fingerprint density at radius 2 is 1.91 bits per heavy atom. The molecule has 4 aliphatic heterocycles. The topological polar surface area (TPSA) is 140 Å². The van der Waals surface area contributed by atoms with E-state index in [9.17, 15) is 19.2 Å². The maximum absolute atomic E-state index is 13.7. The van der Waals surface area contributed by atoms with Crippen LogP contribution in [-0.4, -0.2) is 41.4 Å². The molecule has 4 amide bonds. The van der Waals surface area contributed by atoms with E-state index in [1.165, 1.54) is 0 Å². The van der Waals surface area contributed by atoms with E-state index in [1.54, 1.807) is 36.4 Å². The smallest absolute Gasteiger partial charge is 0.250 e. The number of imide groups is 1. The summed E-state index contributed by atoms with van der Waals surface area (Å²) < 4.78 is 10.7. The molecule has 0 aliphatic carbocycles. The lowest BCUT2D eigenvalue weighted by Crippen LogP contribution is -2.53. The fourth-order valence-corrected chi connectivity index (χ4v) is 5.78. The second-order valence-electron chi connectivity index (χ2n) is 8.83. The summed E-state index contributed by atoms with van der Waals surface area (Å²) in [7, 11) is 0. The van der Waals surface area contributed by atoms with E-state index in [4.69, 9.17) is 26.8 Å². The molecule has 0 unspecified atom stereocenters. The Balaban J connectivity index is 1.42. The van der Waals surface area contributed by atoms with E-state index in [-0.39, 0.29) is 19.8 Å². The average Bonchev–Trinajstić information content (AvgIpc) is 3.51. The summed E-state index contributed by atoms with van der Waals surface area (Å²) in [6.07, 6.45) is -0.205. The first-order valence-electron chi connectivity index (χ1n) is 10.7. The predicted molar refractivity (Wildman–Crippen MR) is 118 cm³/mol. The molecule has 34 heavy (non-hydrogen) atoms. The summed E-state index contributed by atoms with van der Waals surface area (Å²) in [6, 6.07) is 9.25. The van der Waals surface area contributed by atoms with Crippen molar-refractivity contribution < 1.29 is 28.7 Å². The second-order valence-corrected chi connectivity index (χ2v) is 9.26. The number of halogens is 1. The van der Waals surface area contributed by atoms with Gasteiger partial charge in [-0.05, 0) is 35.9 Å². The number of nitrogens with zero attached hydrogens (tertiary/aromatic N) is 1. The number of carbonyl (C=O) groups is 4. The molecule has 0 aromatic heterocycles. The molecule has 0 bridgehead atoms. The number of likely N-dealkylation sites (tertiary alicyclic amines) is 1. The van der Waals surface area contributed by atoms with Crippen molar-refractivity contribution >= 4 is 40.9 Å². The van der Waals surface area contributed by atoms with Crippen LogP contribution in [0.4, 0.5) is 5.69 Å². The molecule has 0 radical (unpaired) electrons. The van der Waals surface area contributed by atoms with Crippen LogP contribution in [0.2, 0.25) is 5.02 Å². The molecule has 2 aromatic rings. The molecule has 4 aliphatic rings. The molecule has 0 saturated carbocycles. The fraction of sp³-hybridized carbons (Fsp3) is 0.304. The van der Waals surface area contributed by atoms with Crippen LogP contribution >= 0.6 is 11.6 Å². The first kappa shape index (κ1) is 20.9. The SMILES string of the molecule is NC(=O)C[C@@H]1N[C@]2(C(=O)Nc3ccc(Cl)cc32)[C@@H]2C(=O)N(Cc3ccc4c(c3)OCO4)C(=O)[C@@H]12. The third-order valence-corrected chi connectivity index (χ3v) is 7.20. The Labute approximate surface area is 198 Å². The molecule has 10 nitrogen and oxygen atoms in total. The first-order chi connectivity index (χ1) is 16.3. The summed E-state index contributed by atoms with van der Waals surface area (Å²) >= 11 is 6.22. The van der Waals surface area contributed by atoms with Gasteiger partial charge < -0.3 is 20.5 Å². The lowest BCUT2D eigenvalue weighted by Gasteiger charge is -2.29. The summed E-state index contributed by atoms with van der Waals surface area (Å²) in [5, 5.41) is 6.29. The number of benzene rings is 2. The largest absolute Gasteiger partial charge is 0.454 e. The summed E-state index contributed by atoms with van der Waals surface area (Å²) in [4.78, 5) is 53.6. The summed E-state index contributed by atoms with van der Waals surface area (Å²) in [5.74, 6) is -2.98. The number of primary amides is 1. The van der Waals surface area contributed by atoms with Gasteiger partial charge in [-0.25, -0.2) is 0 Å². The van der Waals surface area contributed by atoms with Crippen molar-refractivity contribution in [3.8, 4) is 11.5 Å². The van der Waals surface area contributed by atoms with Gasteiger partial charge in [0.15, 0.2) is 11.5 Å². The summed E-state index contributed by atoms with van der Waals surface area (Å²) in [6.45, 7) is 0.0925. The van der Waals surface area contributed by atoms with Gasteiger partial charge in [0.05, 0.1) is 18.4 Å². The zero-order chi connectivity index (χ0) is 23.8. The van der Waals surface area contributed by atoms with Crippen LogP contribution in [0.1, 0.15) is 17.5 Å². The number of anilines is 1. The van der Waals surface area contributed by atoms with E-state index in [2.05, 4.69) is 10.6 Å². The van der Waals surface area contributed by atoms with Crippen molar-refractivity contribution in [1.82, 2.24) is 10.2 Å². The van der Waals surface area contributed by atoms with Crippen LogP contribution in [0.3, 0.4) is 0 Å². The highest BCUT2D eigenvalue weighted by Gasteiger charge is 2.70. The normalized spacial score (nSPS) is 28.4. The van der Waals surface area contributed by atoms with Crippen LogP contribution in [0, 0.1) is 11.8 Å². The number of amides is 4. The van der Waals surface area contributed by atoms with E-state index in [0.29, 0.717) is 33.3 Å². The Morgan fingerprint density at radius 1 is 1.12 bits per heavy atom. The monoisotopic (exact) mass is 482 g/mol. The molecule has 4 heterocycles. The van der Waals surface area contributed by atoms with Crippen LogP contribution in [0.5, 0.6) is 11.5 Å². The van der Waals surface area contributed by atoms with Crippen molar-refractivity contribution in [3.63, 3.8) is 0 Å². The third-order valence-electron chi connectivity index (χ3n) is 6.97. The van der Waals surface area contributed by atoms with Gasteiger partial charge in [-0.1, -0.05) is 17.7 Å². The maximum atomic E-state index is 13.7. The van der Waals surface area contributed by atoms with Crippen molar-refractivity contribution in [2.45, 2.75) is 24.5 Å². The highest BCUT2D eigenvalue weighted by Crippen LogP contribution is 2.54. The zero-order valence-electron chi connectivity index (χ0n) is 17.7. The van der Waals surface area contributed by atoms with Gasteiger partial charge >= 0.3 is 0 Å². The maximum Gasteiger partial charge on any atom is 0.250 e. The molecular formula is C23H19ClN4O6. The van der Waals surface area contributed by atoms with Gasteiger partial charge in [-0.15, -0.1) is 0 Å². The van der Waals surface area contributed by atoms with Crippen LogP contribution < -0.4 is 25.8 Å². The lowest BCUT2D eigenvalue weighted by atomic mass is 9.76. The van der Waals surface area contributed by atoms with E-state index < -0.39 is 47.0 Å². The number of rotatable bonds is 4. The third kappa shape index (κ3) is 2.78. The molecular weight excluding hydrogens is 464 g/mol. The van der Waals surface area contributed by atoms with Crippen LogP contribution in [0.25, 0.3) is 0 Å². The minimum absolute atomic E-state index is 0.00923. The van der Waals surface area contributed by atoms with Crippen LogP contribution in [-0.2, 0) is 31.3 Å². The Morgan fingerprint density at radius 3 is 2.71 bits per heavy atom. The zero-order valence-corrected chi connectivity index (χ0v) is 18.4. The highest BCUT2D eigenvalue weighted by molar-refractivity contribution is 6.31. The Hall–Kier alpha value is -3.63. The fourth-order valence-electron chi connectivity index (χ4n) is 5.60. The number of fused-ring (bicyclic) bond motifs is 5. The van der Waals surface area contributed by atoms with E-state index in [0.717, 1.165) is 4.90 Å². The van der Waals surface area contributed by atoms with Crippen LogP contribution in [0.15, 0.2) is 36.4 Å². The highest BCUT2D eigenvalue weighted by atomic mass is 35.5. The number of hydrogen-bond acceptors (Lipinski definition) is 7. The van der Waals surface area contributed by atoms with Gasteiger partial charge in [0.2, 0.25) is 30.4 Å². The summed E-state index contributed by atoms with van der Waals surface area (Å²) in [5.41, 5.74) is 5.54. The first-order valence-corrected chi connectivity index (χ1v) is 11.1. The minimum Gasteiger partial charge on any atom is -0.454 e. The van der Waals surface area contributed by atoms with Crippen molar-refractivity contribution in [1.29, 1.82) is 0 Å². The Kier molecular flexibility index (Phi) is 4.42. The number of ether oxygens (including phenoxy) is 2. The molecule has 1 spiro atoms. The molecule has 4 N–H and O–H groups in total. The standard InChI is InChI=1S/C23H19ClN4O6/c24-11-2-3-13-12(6-11)23(22(32)26-13)19-18(14(27-23)7-17(25)29)20(30)28(21(19)31)8-10-1-4-15-16(5-10)34-9-33-15/h1-6,14,18-19,27H,7-9H2,(H2,25,29)(H,26,32)/t14-,18-,19-,23-/m0/s1. The second kappa shape index (κ2) is 7.18. The van der Waals surface area contributed by atoms with Gasteiger partial charge in [0.1, 0.15) is 5.54 Å². The van der Waals surface area contributed by atoms with Gasteiger partial charge in [0, 0.05) is 28.7 Å². The quantitative estimate of drug-likeness (QED) is 0.549. The molecule has 2 aromatic carbocycles. The lowest BCUT2D eigenvalue weighted by molar-refractivity contribution is -0.143. The van der Waals surface area contributed by atoms with Crippen molar-refractivity contribution in [3.05, 3.63) is 52.5 Å². The molecule has 11 heteroatoms. The number of nitrogens with one attached hydrogen (secondary N) is 2. The average molecular weight is 483 g/mol. The predicted octanol–water partition coefficient (Wildman–Crippen LogP) is 0.865. The molecule has 174 valence electrons. The van der Waals surface area contributed by atoms with E-state index in [1.807, 2.05) is 0 Å². The molecule has 6 rings (SSSR count). The number of carbonyl (C=O) groups excluding carboxylic acids is 4. The van der Waals surface area contributed by atoms with Crippen molar-refractivity contribution in [2.24, 2.45) is 17.6 Å². The molecule has 2 saturated heterocycles. The molecule has 4 atom stereocenters. The van der Waals surface area contributed by atoms with Gasteiger partial charge in [-0.3, -0.25) is 29.4 Å². The minimum atomic E-state index is -1.54.